The number of nitrogens with zero attached hydrogens (tertiary/aromatic N) is 4. The highest BCUT2D eigenvalue weighted by molar-refractivity contribution is 6.18. The first-order chi connectivity index (χ1) is 14.2. The molecule has 144 valence electrons. The maximum absolute atomic E-state index is 11.0. The summed E-state index contributed by atoms with van der Waals surface area (Å²) in [6.45, 7) is 2.45. The number of nitro benzene ring substituents is 1. The van der Waals surface area contributed by atoms with Gasteiger partial charge in [-0.05, 0) is 49.4 Å². The lowest BCUT2D eigenvalue weighted by molar-refractivity contribution is -0.384. The standard InChI is InChI=1S/C21H17N5O3/c1-2-29-17-7-8-19-18(13-17)20(14-3-5-16(6-4-14)26(27)28)24-25-21(23-19)15-9-11-22-12-10-15/h3-13H,2H2,1H3,(H,23,25). The van der Waals surface area contributed by atoms with Gasteiger partial charge in [-0.3, -0.25) is 20.5 Å². The molecule has 0 fully saturated rings. The Labute approximate surface area is 166 Å². The molecule has 1 aliphatic heterocycles. The molecule has 1 aliphatic rings. The molecule has 0 bridgehead atoms. The Morgan fingerprint density at radius 1 is 1.03 bits per heavy atom. The molecule has 8 nitrogen and oxygen atoms in total. The Balaban J connectivity index is 1.83. The molecule has 0 radical (unpaired) electrons. The number of aromatic nitrogens is 1. The maximum Gasteiger partial charge on any atom is 0.269 e. The number of aliphatic imine (C=N–C) groups is 1. The normalized spacial score (nSPS) is 12.7. The van der Waals surface area contributed by atoms with Gasteiger partial charge in [0.15, 0.2) is 5.84 Å². The van der Waals surface area contributed by atoms with Crippen molar-refractivity contribution < 1.29 is 9.66 Å². The molecule has 2 heterocycles. The van der Waals surface area contributed by atoms with E-state index >= 15 is 0 Å². The van der Waals surface area contributed by atoms with Crippen molar-refractivity contribution in [3.8, 4) is 5.75 Å². The zero-order valence-corrected chi connectivity index (χ0v) is 15.6. The van der Waals surface area contributed by atoms with Crippen LogP contribution in [0.3, 0.4) is 0 Å². The second kappa shape index (κ2) is 7.89. The molecule has 0 atom stereocenters. The fraction of sp³-hybridized carbons (Fsp3) is 0.0952. The smallest absolute Gasteiger partial charge is 0.269 e. The van der Waals surface area contributed by atoms with E-state index in [-0.39, 0.29) is 5.69 Å². The molecule has 0 spiro atoms. The Bertz CT molecular complexity index is 1110. The van der Waals surface area contributed by atoms with E-state index in [1.54, 1.807) is 24.5 Å². The second-order valence-electron chi connectivity index (χ2n) is 6.18. The Kier molecular flexibility index (Phi) is 4.98. The summed E-state index contributed by atoms with van der Waals surface area (Å²) in [5, 5.41) is 15.5. The largest absolute Gasteiger partial charge is 0.494 e. The van der Waals surface area contributed by atoms with Gasteiger partial charge in [0.2, 0.25) is 0 Å². The van der Waals surface area contributed by atoms with Gasteiger partial charge < -0.3 is 4.74 Å². The van der Waals surface area contributed by atoms with E-state index in [1.807, 2.05) is 37.3 Å². The van der Waals surface area contributed by atoms with Crippen LogP contribution < -0.4 is 10.2 Å². The van der Waals surface area contributed by atoms with Crippen LogP contribution in [0.5, 0.6) is 5.75 Å². The van der Waals surface area contributed by atoms with Gasteiger partial charge in [0.1, 0.15) is 11.5 Å². The van der Waals surface area contributed by atoms with E-state index in [9.17, 15) is 10.1 Å². The topological polar surface area (TPSA) is 102 Å². The number of non-ortho nitro benzene ring substituents is 1. The summed E-state index contributed by atoms with van der Waals surface area (Å²) in [5.74, 6) is 1.28. The van der Waals surface area contributed by atoms with Gasteiger partial charge in [-0.25, -0.2) is 4.99 Å². The van der Waals surface area contributed by atoms with Gasteiger partial charge in [-0.15, -0.1) is 0 Å². The number of amidine groups is 1. The third-order valence-electron chi connectivity index (χ3n) is 4.35. The zero-order chi connectivity index (χ0) is 20.2. The summed E-state index contributed by atoms with van der Waals surface area (Å²) in [6.07, 6.45) is 3.37. The highest BCUT2D eigenvalue weighted by Crippen LogP contribution is 2.30. The van der Waals surface area contributed by atoms with E-state index < -0.39 is 4.92 Å². The van der Waals surface area contributed by atoms with Crippen molar-refractivity contribution >= 4 is 22.9 Å². The average Bonchev–Trinajstić information content (AvgIpc) is 2.94. The molecule has 1 N–H and O–H groups in total. The van der Waals surface area contributed by atoms with Crippen molar-refractivity contribution in [1.29, 1.82) is 0 Å². The van der Waals surface area contributed by atoms with Crippen molar-refractivity contribution in [2.75, 3.05) is 6.61 Å². The fourth-order valence-electron chi connectivity index (χ4n) is 2.97. The van der Waals surface area contributed by atoms with Gasteiger partial charge in [0.05, 0.1) is 17.2 Å². The van der Waals surface area contributed by atoms with E-state index in [4.69, 9.17) is 9.73 Å². The molecule has 0 saturated heterocycles. The molecular formula is C21H17N5O3. The van der Waals surface area contributed by atoms with Crippen LogP contribution in [0.15, 0.2) is 77.1 Å². The summed E-state index contributed by atoms with van der Waals surface area (Å²) in [4.78, 5) is 19.3. The number of ether oxygens (including phenoxy) is 1. The number of rotatable bonds is 5. The first kappa shape index (κ1) is 18.3. The van der Waals surface area contributed by atoms with Crippen LogP contribution in [0.2, 0.25) is 0 Å². The molecule has 3 aromatic rings. The minimum Gasteiger partial charge on any atom is -0.494 e. The quantitative estimate of drug-likeness (QED) is 0.530. The third-order valence-corrected chi connectivity index (χ3v) is 4.35. The lowest BCUT2D eigenvalue weighted by Crippen LogP contribution is -2.19. The highest BCUT2D eigenvalue weighted by Gasteiger charge is 2.19. The van der Waals surface area contributed by atoms with Gasteiger partial charge >= 0.3 is 0 Å². The van der Waals surface area contributed by atoms with Crippen molar-refractivity contribution in [1.82, 2.24) is 10.4 Å². The Morgan fingerprint density at radius 3 is 2.48 bits per heavy atom. The minimum atomic E-state index is -0.428. The van der Waals surface area contributed by atoms with Crippen LogP contribution in [0.4, 0.5) is 11.4 Å². The fourth-order valence-corrected chi connectivity index (χ4v) is 2.97. The molecule has 0 saturated carbocycles. The Hall–Kier alpha value is -4.07. The van der Waals surface area contributed by atoms with Crippen LogP contribution >= 0.6 is 0 Å². The molecule has 29 heavy (non-hydrogen) atoms. The summed E-state index contributed by atoms with van der Waals surface area (Å²) in [7, 11) is 0. The molecular weight excluding hydrogens is 370 g/mol. The van der Waals surface area contributed by atoms with Crippen molar-refractivity contribution in [2.24, 2.45) is 10.1 Å². The Morgan fingerprint density at radius 2 is 1.79 bits per heavy atom. The first-order valence-corrected chi connectivity index (χ1v) is 9.00. The predicted molar refractivity (Wildman–Crippen MR) is 110 cm³/mol. The molecule has 8 heteroatoms. The van der Waals surface area contributed by atoms with E-state index in [0.29, 0.717) is 29.6 Å². The van der Waals surface area contributed by atoms with Crippen molar-refractivity contribution in [3.05, 3.63) is 93.8 Å². The molecule has 1 aromatic heterocycles. The molecule has 0 unspecified atom stereocenters. The number of hydrogen-bond donors (Lipinski definition) is 1. The van der Waals surface area contributed by atoms with E-state index in [2.05, 4.69) is 15.5 Å². The van der Waals surface area contributed by atoms with Crippen molar-refractivity contribution in [2.45, 2.75) is 6.92 Å². The van der Waals surface area contributed by atoms with Crippen LogP contribution in [0.1, 0.15) is 23.6 Å². The number of hydrogen-bond acceptors (Lipinski definition) is 7. The lowest BCUT2D eigenvalue weighted by Gasteiger charge is -2.10. The summed E-state index contributed by atoms with van der Waals surface area (Å²) < 4.78 is 5.64. The first-order valence-electron chi connectivity index (χ1n) is 9.00. The number of pyridine rings is 1. The number of hydrazone groups is 1. The maximum atomic E-state index is 11.0. The van der Waals surface area contributed by atoms with Gasteiger partial charge in [-0.1, -0.05) is 0 Å². The molecule has 0 amide bonds. The van der Waals surface area contributed by atoms with Crippen LogP contribution in [0.25, 0.3) is 0 Å². The lowest BCUT2D eigenvalue weighted by atomic mass is 10.00. The third kappa shape index (κ3) is 3.81. The highest BCUT2D eigenvalue weighted by atomic mass is 16.6. The van der Waals surface area contributed by atoms with Gasteiger partial charge in [0, 0.05) is 41.2 Å². The van der Waals surface area contributed by atoms with Gasteiger partial charge in [-0.2, -0.15) is 5.10 Å². The molecule has 0 aliphatic carbocycles. The van der Waals surface area contributed by atoms with Crippen LogP contribution in [-0.4, -0.2) is 28.1 Å². The summed E-state index contributed by atoms with van der Waals surface area (Å²) in [5.41, 5.74) is 6.70. The summed E-state index contributed by atoms with van der Waals surface area (Å²) >= 11 is 0. The monoisotopic (exact) mass is 387 g/mol. The number of nitrogens with one attached hydrogen (secondary N) is 1. The average molecular weight is 387 g/mol. The number of fused-ring (bicyclic) bond motifs is 1. The van der Waals surface area contributed by atoms with E-state index in [1.165, 1.54) is 12.1 Å². The second-order valence-corrected chi connectivity index (χ2v) is 6.18. The van der Waals surface area contributed by atoms with Crippen molar-refractivity contribution in [3.63, 3.8) is 0 Å². The summed E-state index contributed by atoms with van der Waals surface area (Å²) in [6, 6.07) is 15.5. The molecule has 2 aromatic carbocycles. The minimum absolute atomic E-state index is 0.0212. The number of benzene rings is 2. The van der Waals surface area contributed by atoms with Crippen LogP contribution in [0, 0.1) is 10.1 Å². The van der Waals surface area contributed by atoms with E-state index in [0.717, 1.165) is 16.7 Å². The molecule has 4 rings (SSSR count). The number of nitro groups is 1. The predicted octanol–water partition coefficient (Wildman–Crippen LogP) is 3.82. The van der Waals surface area contributed by atoms with Gasteiger partial charge in [0.25, 0.3) is 5.69 Å². The SMILES string of the molecule is CCOc1ccc2c(c1)C(c1ccc([N+](=O)[O-])cc1)=NNC(c1ccncc1)=N2. The zero-order valence-electron chi connectivity index (χ0n) is 15.6. The van der Waals surface area contributed by atoms with Crippen LogP contribution in [-0.2, 0) is 0 Å².